The first-order valence-electron chi connectivity index (χ1n) is 7.90. The minimum absolute atomic E-state index is 0.0764. The second-order valence-electron chi connectivity index (χ2n) is 5.70. The Morgan fingerprint density at radius 2 is 1.88 bits per heavy atom. The van der Waals surface area contributed by atoms with Gasteiger partial charge in [0.1, 0.15) is 12.8 Å². The van der Waals surface area contributed by atoms with Crippen molar-refractivity contribution >= 4 is 17.6 Å². The molecule has 0 aliphatic carbocycles. The van der Waals surface area contributed by atoms with E-state index in [0.29, 0.717) is 6.42 Å². The molecule has 1 unspecified atom stereocenters. The number of carbonyl (C=O) groups is 2. The Bertz CT molecular complexity index is 743. The smallest absolute Gasteiger partial charge is 0.363 e. The molecule has 9 heteroatoms. The summed E-state index contributed by atoms with van der Waals surface area (Å²) in [5.74, 6) is -0.802. The number of hydrogen-bond donors (Lipinski definition) is 1. The van der Waals surface area contributed by atoms with Gasteiger partial charge in [-0.15, -0.1) is 0 Å². The Labute approximate surface area is 148 Å². The predicted molar refractivity (Wildman–Crippen MR) is 87.4 cm³/mol. The number of rotatable bonds is 6. The predicted octanol–water partition coefficient (Wildman–Crippen LogP) is 3.57. The van der Waals surface area contributed by atoms with Crippen LogP contribution in [-0.4, -0.2) is 34.5 Å². The van der Waals surface area contributed by atoms with E-state index in [1.807, 2.05) is 6.92 Å². The molecule has 2 aromatic rings. The molecule has 1 heterocycles. The van der Waals surface area contributed by atoms with Crippen LogP contribution in [0.1, 0.15) is 36.2 Å². The van der Waals surface area contributed by atoms with Crippen LogP contribution in [0.15, 0.2) is 41.1 Å². The van der Waals surface area contributed by atoms with Crippen molar-refractivity contribution in [3.8, 4) is 0 Å². The van der Waals surface area contributed by atoms with Gasteiger partial charge in [0.25, 0.3) is 5.91 Å². The lowest BCUT2D eigenvalue weighted by atomic mass is 10.1. The highest BCUT2D eigenvalue weighted by atomic mass is 19.4. The molecule has 2 rings (SSSR count). The summed E-state index contributed by atoms with van der Waals surface area (Å²) in [6, 6.07) is 5.07. The highest BCUT2D eigenvalue weighted by Gasteiger charge is 2.31. The number of benzene rings is 1. The van der Waals surface area contributed by atoms with Crippen LogP contribution in [0.4, 0.5) is 19.0 Å². The van der Waals surface area contributed by atoms with E-state index in [1.165, 1.54) is 17.2 Å². The number of halogens is 3. The highest BCUT2D eigenvalue weighted by Crippen LogP contribution is 2.29. The molecule has 1 N–H and O–H groups in total. The van der Waals surface area contributed by atoms with Crippen LogP contribution >= 0.6 is 0 Å². The second kappa shape index (κ2) is 8.03. The number of alkyl halides is 3. The number of aromatic nitrogens is 1. The van der Waals surface area contributed by atoms with Crippen molar-refractivity contribution < 1.29 is 27.3 Å². The van der Waals surface area contributed by atoms with Gasteiger partial charge in [0.05, 0.1) is 5.56 Å². The lowest BCUT2D eigenvalue weighted by molar-refractivity contribution is -0.137. The molecular weight excluding hydrogens is 351 g/mol. The topological polar surface area (TPSA) is 75.4 Å². The first-order valence-corrected chi connectivity index (χ1v) is 7.90. The third kappa shape index (κ3) is 4.84. The van der Waals surface area contributed by atoms with E-state index in [-0.39, 0.29) is 24.0 Å². The minimum atomic E-state index is -4.48. The average molecular weight is 369 g/mol. The summed E-state index contributed by atoms with van der Waals surface area (Å²) in [4.78, 5) is 26.1. The molecule has 2 amide bonds. The van der Waals surface area contributed by atoms with Crippen molar-refractivity contribution in [2.75, 3.05) is 11.9 Å². The van der Waals surface area contributed by atoms with Crippen LogP contribution in [0.3, 0.4) is 0 Å². The van der Waals surface area contributed by atoms with Gasteiger partial charge in [0.2, 0.25) is 5.91 Å². The van der Waals surface area contributed by atoms with Crippen LogP contribution in [-0.2, 0) is 11.0 Å². The molecule has 1 aromatic carbocycles. The molecular formula is C17H18F3N3O3. The van der Waals surface area contributed by atoms with Gasteiger partial charge >= 0.3 is 6.18 Å². The molecule has 0 saturated carbocycles. The third-order valence-corrected chi connectivity index (χ3v) is 3.86. The van der Waals surface area contributed by atoms with E-state index in [9.17, 15) is 22.8 Å². The maximum Gasteiger partial charge on any atom is 0.416 e. The summed E-state index contributed by atoms with van der Waals surface area (Å²) in [5, 5.41) is 6.03. The van der Waals surface area contributed by atoms with E-state index in [2.05, 4.69) is 15.0 Å². The second-order valence-corrected chi connectivity index (χ2v) is 5.70. The van der Waals surface area contributed by atoms with Gasteiger partial charge in [0, 0.05) is 17.7 Å². The summed E-state index contributed by atoms with van der Waals surface area (Å²) in [6.45, 7) is 3.33. The maximum absolute atomic E-state index is 12.7. The van der Waals surface area contributed by atoms with Crippen LogP contribution in [0, 0.1) is 0 Å². The molecule has 0 bridgehead atoms. The standard InChI is InChI=1S/C17H18F3N3O3/c1-3-11(2)23(10-15(24)21-14-8-9-26-22-14)16(25)12-4-6-13(7-5-12)17(18,19)20/h4-9,11H,3,10H2,1-2H3,(H,21,22,24). The van der Waals surface area contributed by atoms with Crippen molar-refractivity contribution in [1.29, 1.82) is 0 Å². The van der Waals surface area contributed by atoms with Crippen molar-refractivity contribution in [3.63, 3.8) is 0 Å². The van der Waals surface area contributed by atoms with Gasteiger partial charge in [-0.1, -0.05) is 12.1 Å². The summed E-state index contributed by atoms with van der Waals surface area (Å²) in [7, 11) is 0. The van der Waals surface area contributed by atoms with Gasteiger partial charge < -0.3 is 14.7 Å². The SMILES string of the molecule is CCC(C)N(CC(=O)Nc1ccon1)C(=O)c1ccc(C(F)(F)F)cc1. The van der Waals surface area contributed by atoms with Crippen LogP contribution < -0.4 is 5.32 Å². The average Bonchev–Trinajstić information content (AvgIpc) is 3.10. The number of hydrogen-bond acceptors (Lipinski definition) is 4. The van der Waals surface area contributed by atoms with Crippen LogP contribution in [0.5, 0.6) is 0 Å². The molecule has 0 fully saturated rings. The first kappa shape index (κ1) is 19.5. The Hall–Kier alpha value is -2.84. The first-order chi connectivity index (χ1) is 12.2. The van der Waals surface area contributed by atoms with Crippen LogP contribution in [0.25, 0.3) is 0 Å². The van der Waals surface area contributed by atoms with Crippen molar-refractivity contribution in [2.45, 2.75) is 32.5 Å². The zero-order valence-electron chi connectivity index (χ0n) is 14.2. The highest BCUT2D eigenvalue weighted by molar-refractivity contribution is 5.99. The van der Waals surface area contributed by atoms with Gasteiger partial charge in [0.15, 0.2) is 5.82 Å². The number of anilines is 1. The fourth-order valence-corrected chi connectivity index (χ4v) is 2.23. The van der Waals surface area contributed by atoms with Crippen molar-refractivity contribution in [3.05, 3.63) is 47.7 Å². The summed E-state index contributed by atoms with van der Waals surface area (Å²) >= 11 is 0. The van der Waals surface area contributed by atoms with Gasteiger partial charge in [-0.25, -0.2) is 0 Å². The fourth-order valence-electron chi connectivity index (χ4n) is 2.23. The summed E-state index contributed by atoms with van der Waals surface area (Å²) in [6.07, 6.45) is -2.62. The zero-order chi connectivity index (χ0) is 19.3. The molecule has 0 aliphatic heterocycles. The van der Waals surface area contributed by atoms with Crippen LogP contribution in [0.2, 0.25) is 0 Å². The third-order valence-electron chi connectivity index (χ3n) is 3.86. The van der Waals surface area contributed by atoms with Crippen molar-refractivity contribution in [2.24, 2.45) is 0 Å². The monoisotopic (exact) mass is 369 g/mol. The van der Waals surface area contributed by atoms with E-state index in [0.717, 1.165) is 24.3 Å². The normalized spacial score (nSPS) is 12.5. The lowest BCUT2D eigenvalue weighted by Gasteiger charge is -2.28. The molecule has 0 saturated heterocycles. The van der Waals surface area contributed by atoms with E-state index in [1.54, 1.807) is 6.92 Å². The fraction of sp³-hybridized carbons (Fsp3) is 0.353. The molecule has 26 heavy (non-hydrogen) atoms. The lowest BCUT2D eigenvalue weighted by Crippen LogP contribution is -2.43. The number of carbonyl (C=O) groups excluding carboxylic acids is 2. The van der Waals surface area contributed by atoms with E-state index in [4.69, 9.17) is 0 Å². The Balaban J connectivity index is 2.15. The van der Waals surface area contributed by atoms with Gasteiger partial charge in [-0.05, 0) is 37.6 Å². The Kier molecular flexibility index (Phi) is 6.01. The largest absolute Gasteiger partial charge is 0.416 e. The summed E-state index contributed by atoms with van der Waals surface area (Å²) in [5.41, 5.74) is -0.763. The molecule has 140 valence electrons. The summed E-state index contributed by atoms with van der Waals surface area (Å²) < 4.78 is 42.6. The Morgan fingerprint density at radius 1 is 1.23 bits per heavy atom. The Morgan fingerprint density at radius 3 is 2.38 bits per heavy atom. The molecule has 1 aromatic heterocycles. The van der Waals surface area contributed by atoms with Gasteiger partial charge in [-0.2, -0.15) is 13.2 Å². The molecule has 0 radical (unpaired) electrons. The minimum Gasteiger partial charge on any atom is -0.363 e. The number of amides is 2. The zero-order valence-corrected chi connectivity index (χ0v) is 14.2. The number of nitrogens with one attached hydrogen (secondary N) is 1. The molecule has 1 atom stereocenters. The molecule has 6 nitrogen and oxygen atoms in total. The van der Waals surface area contributed by atoms with E-state index < -0.39 is 23.6 Å². The quantitative estimate of drug-likeness (QED) is 0.845. The van der Waals surface area contributed by atoms with Gasteiger partial charge in [-0.3, -0.25) is 9.59 Å². The molecule has 0 spiro atoms. The maximum atomic E-state index is 12.7. The number of nitrogens with zero attached hydrogens (tertiary/aromatic N) is 2. The van der Waals surface area contributed by atoms with Crippen molar-refractivity contribution in [1.82, 2.24) is 10.1 Å². The molecule has 0 aliphatic rings. The van der Waals surface area contributed by atoms with E-state index >= 15 is 0 Å².